The van der Waals surface area contributed by atoms with Crippen LogP contribution >= 0.6 is 34.7 Å². The van der Waals surface area contributed by atoms with Gasteiger partial charge in [0.2, 0.25) is 11.8 Å². The summed E-state index contributed by atoms with van der Waals surface area (Å²) in [6.07, 6.45) is 1.68. The van der Waals surface area contributed by atoms with Crippen LogP contribution in [0.25, 0.3) is 0 Å². The lowest BCUT2D eigenvalue weighted by Gasteiger charge is -2.09. The first-order chi connectivity index (χ1) is 13.6. The van der Waals surface area contributed by atoms with Crippen LogP contribution in [0.2, 0.25) is 5.02 Å². The number of carbonyl (C=O) groups excluding carboxylic acids is 2. The summed E-state index contributed by atoms with van der Waals surface area (Å²) in [5.74, 6) is 0.274. The molecule has 11 heteroatoms. The molecule has 146 valence electrons. The molecule has 0 aliphatic rings. The largest absolute Gasteiger partial charge is 0.324 e. The summed E-state index contributed by atoms with van der Waals surface area (Å²) in [6, 6.07) is 7.02. The van der Waals surface area contributed by atoms with Crippen molar-refractivity contribution in [3.05, 3.63) is 46.7 Å². The highest BCUT2D eigenvalue weighted by molar-refractivity contribution is 7.99. The fourth-order valence-electron chi connectivity index (χ4n) is 2.35. The Morgan fingerprint density at radius 1 is 1.21 bits per heavy atom. The van der Waals surface area contributed by atoms with Gasteiger partial charge in [-0.2, -0.15) is 0 Å². The lowest BCUT2D eigenvalue weighted by atomic mass is 10.3. The molecule has 0 aliphatic heterocycles. The quantitative estimate of drug-likeness (QED) is 0.525. The Kier molecular flexibility index (Phi) is 7.01. The van der Waals surface area contributed by atoms with Gasteiger partial charge in [0.05, 0.1) is 22.9 Å². The van der Waals surface area contributed by atoms with Crippen molar-refractivity contribution in [2.24, 2.45) is 0 Å². The van der Waals surface area contributed by atoms with Crippen LogP contribution in [0.1, 0.15) is 12.7 Å². The number of nitrogens with zero attached hydrogens (tertiary/aromatic N) is 4. The Morgan fingerprint density at radius 3 is 2.75 bits per heavy atom. The predicted octanol–water partition coefficient (Wildman–Crippen LogP) is 3.32. The fraction of sp³-hybridized carbons (Fsp3) is 0.235. The van der Waals surface area contributed by atoms with Crippen LogP contribution in [0, 0.1) is 0 Å². The van der Waals surface area contributed by atoms with Crippen LogP contribution in [0.4, 0.5) is 10.8 Å². The highest BCUT2D eigenvalue weighted by Crippen LogP contribution is 2.21. The summed E-state index contributed by atoms with van der Waals surface area (Å²) < 4.78 is 1.81. The summed E-state index contributed by atoms with van der Waals surface area (Å²) >= 11 is 8.67. The van der Waals surface area contributed by atoms with E-state index in [9.17, 15) is 9.59 Å². The summed E-state index contributed by atoms with van der Waals surface area (Å²) in [7, 11) is 0. The zero-order chi connectivity index (χ0) is 19.9. The van der Waals surface area contributed by atoms with E-state index in [0.717, 1.165) is 0 Å². The number of thiazole rings is 1. The number of para-hydroxylation sites is 1. The molecule has 28 heavy (non-hydrogen) atoms. The second-order valence-corrected chi connectivity index (χ2v) is 7.77. The van der Waals surface area contributed by atoms with E-state index in [2.05, 4.69) is 25.8 Å². The van der Waals surface area contributed by atoms with E-state index in [1.165, 1.54) is 23.1 Å². The molecule has 0 saturated carbocycles. The number of nitrogens with one attached hydrogen (secondary N) is 2. The third kappa shape index (κ3) is 5.31. The number of benzene rings is 1. The maximum absolute atomic E-state index is 12.3. The Hall–Kier alpha value is -2.43. The van der Waals surface area contributed by atoms with Crippen LogP contribution in [0.5, 0.6) is 0 Å². The van der Waals surface area contributed by atoms with Gasteiger partial charge in [0, 0.05) is 18.1 Å². The summed E-state index contributed by atoms with van der Waals surface area (Å²) in [6.45, 7) is 2.51. The zero-order valence-electron chi connectivity index (χ0n) is 14.9. The highest BCUT2D eigenvalue weighted by atomic mass is 35.5. The van der Waals surface area contributed by atoms with Crippen LogP contribution in [0.15, 0.2) is 41.0 Å². The number of rotatable bonds is 8. The topological polar surface area (TPSA) is 102 Å². The van der Waals surface area contributed by atoms with Gasteiger partial charge < -0.3 is 15.2 Å². The maximum atomic E-state index is 12.3. The summed E-state index contributed by atoms with van der Waals surface area (Å²) in [5.41, 5.74) is 0.546. The number of anilines is 2. The number of aromatic nitrogens is 4. The van der Waals surface area contributed by atoms with Crippen LogP contribution in [0.3, 0.4) is 0 Å². The Bertz CT molecular complexity index is 960. The van der Waals surface area contributed by atoms with Crippen molar-refractivity contribution in [3.8, 4) is 0 Å². The third-order valence-corrected chi connectivity index (χ3v) is 5.57. The van der Waals surface area contributed by atoms with E-state index < -0.39 is 0 Å². The summed E-state index contributed by atoms with van der Waals surface area (Å²) in [5, 5.41) is 17.1. The molecule has 0 aliphatic carbocycles. The number of halogens is 1. The van der Waals surface area contributed by atoms with Crippen molar-refractivity contribution in [3.63, 3.8) is 0 Å². The molecule has 1 aromatic carbocycles. The van der Waals surface area contributed by atoms with E-state index in [0.29, 0.717) is 33.4 Å². The van der Waals surface area contributed by atoms with Crippen molar-refractivity contribution < 1.29 is 9.59 Å². The monoisotopic (exact) mass is 436 g/mol. The zero-order valence-corrected chi connectivity index (χ0v) is 17.3. The first-order valence-corrected chi connectivity index (χ1v) is 10.6. The molecule has 0 radical (unpaired) electrons. The van der Waals surface area contributed by atoms with Gasteiger partial charge in [0.15, 0.2) is 10.3 Å². The smallest absolute Gasteiger partial charge is 0.236 e. The van der Waals surface area contributed by atoms with Gasteiger partial charge in [-0.1, -0.05) is 35.5 Å². The molecule has 0 spiro atoms. The van der Waals surface area contributed by atoms with Crippen molar-refractivity contribution in [2.75, 3.05) is 16.4 Å². The minimum absolute atomic E-state index is 0.0535. The molecule has 2 N–H and O–H groups in total. The maximum Gasteiger partial charge on any atom is 0.236 e. The number of hydrogen-bond donors (Lipinski definition) is 2. The van der Waals surface area contributed by atoms with Crippen molar-refractivity contribution in [1.82, 2.24) is 19.7 Å². The second kappa shape index (κ2) is 9.67. The first kappa shape index (κ1) is 20.3. The molecular weight excluding hydrogens is 420 g/mol. The van der Waals surface area contributed by atoms with Crippen LogP contribution < -0.4 is 10.6 Å². The van der Waals surface area contributed by atoms with Crippen LogP contribution in [-0.2, 0) is 22.6 Å². The minimum Gasteiger partial charge on any atom is -0.324 e. The van der Waals surface area contributed by atoms with Gasteiger partial charge in [-0.15, -0.1) is 21.5 Å². The molecule has 3 aromatic rings. The molecule has 2 aromatic heterocycles. The predicted molar refractivity (Wildman–Crippen MR) is 111 cm³/mol. The number of hydrogen-bond acceptors (Lipinski definition) is 7. The molecule has 2 amide bonds. The normalized spacial score (nSPS) is 10.6. The van der Waals surface area contributed by atoms with Gasteiger partial charge in [-0.25, -0.2) is 4.98 Å². The van der Waals surface area contributed by atoms with E-state index in [4.69, 9.17) is 11.6 Å². The molecule has 0 atom stereocenters. The van der Waals surface area contributed by atoms with Gasteiger partial charge >= 0.3 is 0 Å². The molecule has 8 nitrogen and oxygen atoms in total. The molecule has 0 bridgehead atoms. The van der Waals surface area contributed by atoms with E-state index in [1.54, 1.807) is 35.8 Å². The first-order valence-electron chi connectivity index (χ1n) is 8.35. The molecule has 2 heterocycles. The number of carbonyl (C=O) groups is 2. The van der Waals surface area contributed by atoms with Gasteiger partial charge in [-0.05, 0) is 19.1 Å². The highest BCUT2D eigenvalue weighted by Gasteiger charge is 2.16. The Morgan fingerprint density at radius 2 is 2.04 bits per heavy atom. The van der Waals surface area contributed by atoms with Gasteiger partial charge in [0.25, 0.3) is 0 Å². The van der Waals surface area contributed by atoms with E-state index in [-0.39, 0.29) is 24.0 Å². The van der Waals surface area contributed by atoms with Crippen LogP contribution in [-0.4, -0.2) is 37.3 Å². The number of thioether (sulfide) groups is 1. The molecular formula is C17H17ClN6O2S2. The Labute approximate surface area is 174 Å². The van der Waals surface area contributed by atoms with Gasteiger partial charge in [0.1, 0.15) is 5.82 Å². The van der Waals surface area contributed by atoms with E-state index >= 15 is 0 Å². The van der Waals surface area contributed by atoms with Gasteiger partial charge in [-0.3, -0.25) is 9.59 Å². The average molecular weight is 437 g/mol. The fourth-order valence-corrected chi connectivity index (χ4v) is 3.89. The standard InChI is InChI=1S/C17H17ClN6O2S2/c1-2-24-13(9-14(25)20-12-6-4-3-5-11(12)18)22-23-17(24)28-10-15(26)21-16-19-7-8-27-16/h3-8H,2,9-10H2,1H3,(H,20,25)(H,19,21,26). The molecule has 3 rings (SSSR count). The van der Waals surface area contributed by atoms with Crippen molar-refractivity contribution in [2.45, 2.75) is 25.0 Å². The molecule has 0 fully saturated rings. The second-order valence-electron chi connectivity index (χ2n) is 5.52. The summed E-state index contributed by atoms with van der Waals surface area (Å²) in [4.78, 5) is 28.3. The van der Waals surface area contributed by atoms with E-state index in [1.807, 2.05) is 11.5 Å². The SMILES string of the molecule is CCn1c(CC(=O)Nc2ccccc2Cl)nnc1SCC(=O)Nc1nccs1. The lowest BCUT2D eigenvalue weighted by molar-refractivity contribution is -0.116. The molecule has 0 saturated heterocycles. The lowest BCUT2D eigenvalue weighted by Crippen LogP contribution is -2.18. The number of amides is 2. The average Bonchev–Trinajstić information content (AvgIpc) is 3.31. The molecule has 0 unspecified atom stereocenters. The third-order valence-electron chi connectivity index (χ3n) is 3.59. The van der Waals surface area contributed by atoms with Crippen molar-refractivity contribution >= 4 is 57.3 Å². The van der Waals surface area contributed by atoms with Crippen molar-refractivity contribution in [1.29, 1.82) is 0 Å². The Balaban J connectivity index is 1.59. The minimum atomic E-state index is -0.242.